The molecule has 1 unspecified atom stereocenters. The number of carbonyl (C=O) groups excluding carboxylic acids is 1. The van der Waals surface area contributed by atoms with Crippen LogP contribution in [-0.4, -0.2) is 68.8 Å². The largest absolute Gasteiger partial charge is 0.493 e. The molecule has 6 nitrogen and oxygen atoms in total. The van der Waals surface area contributed by atoms with Gasteiger partial charge in [-0.3, -0.25) is 9.69 Å². The summed E-state index contributed by atoms with van der Waals surface area (Å²) in [5, 5.41) is 0. The van der Waals surface area contributed by atoms with Crippen LogP contribution in [0, 0.1) is 12.8 Å². The van der Waals surface area contributed by atoms with Gasteiger partial charge < -0.3 is 19.1 Å². The molecule has 0 radical (unpaired) electrons. The van der Waals surface area contributed by atoms with Crippen LogP contribution >= 0.6 is 0 Å². The summed E-state index contributed by atoms with van der Waals surface area (Å²) < 4.78 is 16.8. The van der Waals surface area contributed by atoms with Gasteiger partial charge in [0.1, 0.15) is 0 Å². The first kappa shape index (κ1) is 24.1. The fraction of sp³-hybridized carbons (Fsp3) is 0.500. The van der Waals surface area contributed by atoms with Gasteiger partial charge in [0, 0.05) is 38.3 Å². The Labute approximate surface area is 192 Å². The molecule has 1 fully saturated rings. The number of carbonyl (C=O) groups is 1. The highest BCUT2D eigenvalue weighted by Gasteiger charge is 2.26. The number of hydrogen-bond donors (Lipinski definition) is 0. The molecule has 0 aromatic heterocycles. The van der Waals surface area contributed by atoms with Crippen LogP contribution in [0.15, 0.2) is 42.5 Å². The maximum absolute atomic E-state index is 13.4. The van der Waals surface area contributed by atoms with E-state index in [1.54, 1.807) is 32.4 Å². The minimum Gasteiger partial charge on any atom is -0.493 e. The first-order chi connectivity index (χ1) is 15.4. The number of aryl methyl sites for hydroxylation is 1. The molecule has 0 N–H and O–H groups in total. The molecule has 0 aliphatic carbocycles. The number of amides is 1. The van der Waals surface area contributed by atoms with E-state index in [1.165, 1.54) is 11.1 Å². The molecule has 2 aromatic rings. The first-order valence-corrected chi connectivity index (χ1v) is 11.3. The predicted octanol–water partition coefficient (Wildman–Crippen LogP) is 4.01. The van der Waals surface area contributed by atoms with Gasteiger partial charge in [0.15, 0.2) is 11.5 Å². The fourth-order valence-electron chi connectivity index (χ4n) is 4.06. The summed E-state index contributed by atoms with van der Waals surface area (Å²) in [6.45, 7) is 10.9. The lowest BCUT2D eigenvalue weighted by Gasteiger charge is -2.36. The molecule has 1 aliphatic rings. The van der Waals surface area contributed by atoms with E-state index in [2.05, 4.69) is 49.9 Å². The Bertz CT molecular complexity index is 882. The Hall–Kier alpha value is -2.57. The normalized spacial score (nSPS) is 16.8. The molecule has 174 valence electrons. The zero-order chi connectivity index (χ0) is 23.1. The average Bonchev–Trinajstić information content (AvgIpc) is 2.79. The molecular formula is C26H36N2O4. The van der Waals surface area contributed by atoms with Gasteiger partial charge >= 0.3 is 0 Å². The highest BCUT2D eigenvalue weighted by Crippen LogP contribution is 2.28. The summed E-state index contributed by atoms with van der Waals surface area (Å²) in [7, 11) is 3.17. The van der Waals surface area contributed by atoms with Gasteiger partial charge in [0.2, 0.25) is 0 Å². The summed E-state index contributed by atoms with van der Waals surface area (Å²) in [6.07, 6.45) is -0.0166. The highest BCUT2D eigenvalue weighted by molar-refractivity contribution is 5.95. The van der Waals surface area contributed by atoms with Crippen molar-refractivity contribution in [2.45, 2.75) is 33.4 Å². The van der Waals surface area contributed by atoms with Crippen molar-refractivity contribution < 1.29 is 19.0 Å². The molecule has 2 aromatic carbocycles. The SMILES string of the molecule is COc1ccc(C(=O)N(CC(C)C)CC2CN(Cc3ccc(C)cc3)CCO2)cc1OC. The van der Waals surface area contributed by atoms with Crippen molar-refractivity contribution in [2.75, 3.05) is 47.0 Å². The van der Waals surface area contributed by atoms with Crippen LogP contribution in [0.5, 0.6) is 11.5 Å². The van der Waals surface area contributed by atoms with E-state index < -0.39 is 0 Å². The number of morpholine rings is 1. The lowest BCUT2D eigenvalue weighted by atomic mass is 10.1. The molecule has 1 aliphatic heterocycles. The maximum Gasteiger partial charge on any atom is 0.254 e. The second kappa shape index (κ2) is 11.3. The zero-order valence-corrected chi connectivity index (χ0v) is 20.0. The number of ether oxygens (including phenoxy) is 3. The number of methoxy groups -OCH3 is 2. The summed E-state index contributed by atoms with van der Waals surface area (Å²) >= 11 is 0. The third-order valence-corrected chi connectivity index (χ3v) is 5.68. The predicted molar refractivity (Wildman–Crippen MR) is 126 cm³/mol. The van der Waals surface area contributed by atoms with E-state index in [4.69, 9.17) is 14.2 Å². The first-order valence-electron chi connectivity index (χ1n) is 11.3. The lowest BCUT2D eigenvalue weighted by molar-refractivity contribution is -0.0438. The second-order valence-electron chi connectivity index (χ2n) is 8.89. The van der Waals surface area contributed by atoms with Gasteiger partial charge in [0.25, 0.3) is 5.91 Å². The van der Waals surface area contributed by atoms with Crippen LogP contribution in [0.2, 0.25) is 0 Å². The Morgan fingerprint density at radius 3 is 2.50 bits per heavy atom. The summed E-state index contributed by atoms with van der Waals surface area (Å²) in [5.41, 5.74) is 3.17. The van der Waals surface area contributed by atoms with Gasteiger partial charge in [-0.2, -0.15) is 0 Å². The minimum atomic E-state index is -0.0166. The Balaban J connectivity index is 1.69. The molecule has 0 spiro atoms. The zero-order valence-electron chi connectivity index (χ0n) is 20.0. The van der Waals surface area contributed by atoms with Crippen molar-refractivity contribution in [3.63, 3.8) is 0 Å². The lowest BCUT2D eigenvalue weighted by Crippen LogP contribution is -2.49. The molecular weight excluding hydrogens is 404 g/mol. The topological polar surface area (TPSA) is 51.2 Å². The maximum atomic E-state index is 13.4. The van der Waals surface area contributed by atoms with Crippen molar-refractivity contribution in [1.29, 1.82) is 0 Å². The number of rotatable bonds is 9. The van der Waals surface area contributed by atoms with Crippen LogP contribution in [0.1, 0.15) is 35.3 Å². The van der Waals surface area contributed by atoms with Crippen molar-refractivity contribution in [1.82, 2.24) is 9.80 Å². The standard InChI is InChI=1S/C26H36N2O4/c1-19(2)15-28(26(29)22-10-11-24(30-4)25(14-22)31-5)18-23-17-27(12-13-32-23)16-21-8-6-20(3)7-9-21/h6-11,14,19,23H,12-13,15-18H2,1-5H3. The molecule has 32 heavy (non-hydrogen) atoms. The molecule has 1 saturated heterocycles. The van der Waals surface area contributed by atoms with Gasteiger partial charge in [-0.25, -0.2) is 0 Å². The number of nitrogens with zero attached hydrogens (tertiary/aromatic N) is 2. The van der Waals surface area contributed by atoms with E-state index in [-0.39, 0.29) is 12.0 Å². The number of benzene rings is 2. The van der Waals surface area contributed by atoms with Gasteiger partial charge in [0.05, 0.1) is 26.9 Å². The van der Waals surface area contributed by atoms with Crippen molar-refractivity contribution >= 4 is 5.91 Å². The van der Waals surface area contributed by atoms with Crippen LogP contribution in [0.3, 0.4) is 0 Å². The van der Waals surface area contributed by atoms with E-state index in [9.17, 15) is 4.79 Å². The van der Waals surface area contributed by atoms with Crippen LogP contribution in [0.4, 0.5) is 0 Å². The van der Waals surface area contributed by atoms with Crippen LogP contribution in [-0.2, 0) is 11.3 Å². The molecule has 0 bridgehead atoms. The van der Waals surface area contributed by atoms with Crippen molar-refractivity contribution in [3.05, 3.63) is 59.2 Å². The second-order valence-corrected chi connectivity index (χ2v) is 8.89. The van der Waals surface area contributed by atoms with E-state index >= 15 is 0 Å². The Morgan fingerprint density at radius 2 is 1.84 bits per heavy atom. The van der Waals surface area contributed by atoms with Gasteiger partial charge in [-0.1, -0.05) is 43.7 Å². The molecule has 6 heteroatoms. The monoisotopic (exact) mass is 440 g/mol. The fourth-order valence-corrected chi connectivity index (χ4v) is 4.06. The minimum absolute atomic E-state index is 0.0149. The smallest absolute Gasteiger partial charge is 0.254 e. The van der Waals surface area contributed by atoms with Crippen molar-refractivity contribution in [3.8, 4) is 11.5 Å². The van der Waals surface area contributed by atoms with E-state index in [0.29, 0.717) is 42.7 Å². The third-order valence-electron chi connectivity index (χ3n) is 5.68. The summed E-state index contributed by atoms with van der Waals surface area (Å²) in [4.78, 5) is 17.7. The molecule has 0 saturated carbocycles. The molecule has 1 amide bonds. The molecule has 1 heterocycles. The third kappa shape index (κ3) is 6.47. The average molecular weight is 441 g/mol. The van der Waals surface area contributed by atoms with Gasteiger partial charge in [-0.15, -0.1) is 0 Å². The van der Waals surface area contributed by atoms with E-state index in [0.717, 1.165) is 19.6 Å². The molecule has 1 atom stereocenters. The summed E-state index contributed by atoms with van der Waals surface area (Å²) in [6, 6.07) is 14.0. The van der Waals surface area contributed by atoms with Crippen LogP contribution in [0.25, 0.3) is 0 Å². The molecule has 3 rings (SSSR count). The highest BCUT2D eigenvalue weighted by atomic mass is 16.5. The quantitative estimate of drug-likeness (QED) is 0.590. The van der Waals surface area contributed by atoms with E-state index in [1.807, 2.05) is 4.90 Å². The Morgan fingerprint density at radius 1 is 1.12 bits per heavy atom. The summed E-state index contributed by atoms with van der Waals surface area (Å²) in [5.74, 6) is 1.51. The van der Waals surface area contributed by atoms with Gasteiger partial charge in [-0.05, 0) is 36.6 Å². The number of hydrogen-bond acceptors (Lipinski definition) is 5. The Kier molecular flexibility index (Phi) is 8.53. The van der Waals surface area contributed by atoms with Crippen LogP contribution < -0.4 is 9.47 Å². The van der Waals surface area contributed by atoms with Crippen molar-refractivity contribution in [2.24, 2.45) is 5.92 Å².